The van der Waals surface area contributed by atoms with E-state index in [9.17, 15) is 0 Å². The van der Waals surface area contributed by atoms with Crippen LogP contribution in [0, 0.1) is 5.92 Å². The van der Waals surface area contributed by atoms with Crippen LogP contribution in [-0.2, 0) is 4.74 Å². The first-order valence-electron chi connectivity index (χ1n) is 9.03. The third-order valence-electron chi connectivity index (χ3n) is 4.82. The molecule has 0 fully saturated rings. The van der Waals surface area contributed by atoms with Crippen LogP contribution in [0.25, 0.3) is 0 Å². The molecule has 0 saturated carbocycles. The van der Waals surface area contributed by atoms with E-state index in [2.05, 4.69) is 33.8 Å². The van der Waals surface area contributed by atoms with E-state index in [0.717, 1.165) is 12.5 Å². The first-order valence-corrected chi connectivity index (χ1v) is 16.5. The topological polar surface area (TPSA) is 9.23 Å². The van der Waals surface area contributed by atoms with E-state index in [0.29, 0.717) is 0 Å². The van der Waals surface area contributed by atoms with Crippen LogP contribution in [0.1, 0.15) is 72.6 Å². The zero-order chi connectivity index (χ0) is 14.8. The van der Waals surface area contributed by atoms with Crippen LogP contribution in [0.5, 0.6) is 0 Å². The second-order valence-electron chi connectivity index (χ2n) is 6.74. The Morgan fingerprint density at radius 1 is 1.00 bits per heavy atom. The molecule has 0 spiro atoms. The Kier molecular flexibility index (Phi) is 9.31. The summed E-state index contributed by atoms with van der Waals surface area (Å²) in [6.45, 7) is 10.4. The van der Waals surface area contributed by atoms with Gasteiger partial charge in [-0.25, -0.2) is 0 Å². The van der Waals surface area contributed by atoms with Gasteiger partial charge >= 0.3 is 131 Å². The van der Waals surface area contributed by atoms with E-state index in [1.54, 1.807) is 3.78 Å². The first-order chi connectivity index (χ1) is 9.68. The molecule has 0 amide bonds. The molecule has 0 aromatic heterocycles. The number of allylic oxidation sites excluding steroid dienone is 1. The fraction of sp³-hybridized carbons (Fsp3) is 0.889. The molecule has 0 bridgehead atoms. The molecule has 0 aromatic carbocycles. The van der Waals surface area contributed by atoms with Crippen LogP contribution >= 0.6 is 0 Å². The summed E-state index contributed by atoms with van der Waals surface area (Å²) in [4.78, 5) is 0. The molecule has 2 heteroatoms. The molecule has 0 saturated heterocycles. The monoisotopic (exact) mass is 388 g/mol. The molecule has 1 nitrogen and oxygen atoms in total. The molecule has 1 unspecified atom stereocenters. The van der Waals surface area contributed by atoms with Gasteiger partial charge in [-0.2, -0.15) is 0 Å². The van der Waals surface area contributed by atoms with Gasteiger partial charge < -0.3 is 0 Å². The number of hydrogen-bond donors (Lipinski definition) is 0. The van der Waals surface area contributed by atoms with Crippen LogP contribution in [-0.4, -0.2) is 25.0 Å². The van der Waals surface area contributed by atoms with Crippen molar-refractivity contribution in [3.63, 3.8) is 0 Å². The minimum absolute atomic E-state index is 0.750. The number of rotatable bonds is 10. The quantitative estimate of drug-likeness (QED) is 0.399. The Morgan fingerprint density at radius 3 is 1.90 bits per heavy atom. The van der Waals surface area contributed by atoms with E-state index in [4.69, 9.17) is 4.74 Å². The molecule has 1 rings (SSSR count). The predicted octanol–water partition coefficient (Wildman–Crippen LogP) is 6.32. The second kappa shape index (κ2) is 10.1. The van der Waals surface area contributed by atoms with Crippen LogP contribution in [0.15, 0.2) is 9.85 Å². The molecule has 1 aliphatic rings. The maximum atomic E-state index is 6.26. The normalized spacial score (nSPS) is 19.6. The van der Waals surface area contributed by atoms with Gasteiger partial charge in [0.15, 0.2) is 0 Å². The third kappa shape index (κ3) is 5.61. The Hall–Kier alpha value is 0.339. The predicted molar refractivity (Wildman–Crippen MR) is 92.7 cm³/mol. The Bertz CT molecular complexity index is 263. The summed E-state index contributed by atoms with van der Waals surface area (Å²) in [7, 11) is 0. The van der Waals surface area contributed by atoms with Crippen molar-refractivity contribution in [3.8, 4) is 0 Å². The summed E-state index contributed by atoms with van der Waals surface area (Å²) in [5, 5.41) is 0. The molecular formula is C18H36OSn. The van der Waals surface area contributed by atoms with E-state index in [1.807, 2.05) is 0 Å². The standard InChI is InChI=1S/C6H9O.3C4H9.Sn/c1-6-2-4-7-5-3-6;3*1-3-4-2;/h2,6H,3,5H2,1H3;3*1,3-4H2,2H3;. The summed E-state index contributed by atoms with van der Waals surface area (Å²) in [6.07, 6.45) is 12.1. The average Bonchev–Trinajstić information content (AvgIpc) is 2.47. The summed E-state index contributed by atoms with van der Waals surface area (Å²) in [5.74, 6) is 0.750. The van der Waals surface area contributed by atoms with E-state index in [-0.39, 0.29) is 0 Å². The van der Waals surface area contributed by atoms with Gasteiger partial charge in [0, 0.05) is 0 Å². The van der Waals surface area contributed by atoms with Crippen LogP contribution in [0.2, 0.25) is 13.3 Å². The van der Waals surface area contributed by atoms with Gasteiger partial charge in [-0.3, -0.25) is 0 Å². The molecule has 118 valence electrons. The van der Waals surface area contributed by atoms with Crippen molar-refractivity contribution in [2.24, 2.45) is 5.92 Å². The zero-order valence-corrected chi connectivity index (χ0v) is 17.2. The average molecular weight is 387 g/mol. The zero-order valence-electron chi connectivity index (χ0n) is 14.3. The Balaban J connectivity index is 2.92. The fourth-order valence-electron chi connectivity index (χ4n) is 3.36. The molecule has 20 heavy (non-hydrogen) atoms. The van der Waals surface area contributed by atoms with Gasteiger partial charge in [0.1, 0.15) is 0 Å². The second-order valence-corrected chi connectivity index (χ2v) is 19.7. The minimum atomic E-state index is -2.23. The van der Waals surface area contributed by atoms with Gasteiger partial charge in [-0.15, -0.1) is 0 Å². The maximum absolute atomic E-state index is 6.26. The molecule has 1 heterocycles. The van der Waals surface area contributed by atoms with Crippen molar-refractivity contribution in [3.05, 3.63) is 9.85 Å². The van der Waals surface area contributed by atoms with Crippen molar-refractivity contribution >= 4 is 18.4 Å². The molecule has 0 aliphatic carbocycles. The van der Waals surface area contributed by atoms with E-state index in [1.165, 1.54) is 58.3 Å². The molecule has 0 radical (unpaired) electrons. The summed E-state index contributed by atoms with van der Waals surface area (Å²) < 4.78 is 12.4. The van der Waals surface area contributed by atoms with Crippen LogP contribution in [0.4, 0.5) is 0 Å². The van der Waals surface area contributed by atoms with Crippen molar-refractivity contribution in [2.75, 3.05) is 6.61 Å². The summed E-state index contributed by atoms with van der Waals surface area (Å²) in [6, 6.07) is 0. The summed E-state index contributed by atoms with van der Waals surface area (Å²) >= 11 is -2.23. The SMILES string of the molecule is CCC[CH2][Sn]([CH2]CCC)([CH2]CCC)[C]1=CC(C)CCO1. The van der Waals surface area contributed by atoms with E-state index < -0.39 is 18.4 Å². The van der Waals surface area contributed by atoms with Gasteiger partial charge in [0.2, 0.25) is 0 Å². The Labute approximate surface area is 131 Å². The molecule has 0 N–H and O–H groups in total. The van der Waals surface area contributed by atoms with Crippen molar-refractivity contribution in [2.45, 2.75) is 86.0 Å². The van der Waals surface area contributed by atoms with Crippen molar-refractivity contribution < 1.29 is 4.74 Å². The molecule has 1 atom stereocenters. The van der Waals surface area contributed by atoms with Gasteiger partial charge in [-0.1, -0.05) is 0 Å². The fourth-order valence-corrected chi connectivity index (χ4v) is 19.4. The first kappa shape index (κ1) is 18.4. The van der Waals surface area contributed by atoms with Crippen LogP contribution in [0.3, 0.4) is 0 Å². The van der Waals surface area contributed by atoms with Gasteiger partial charge in [-0.05, 0) is 0 Å². The number of unbranched alkanes of at least 4 members (excludes halogenated alkanes) is 3. The van der Waals surface area contributed by atoms with Gasteiger partial charge in [0.25, 0.3) is 0 Å². The Morgan fingerprint density at radius 2 is 1.50 bits per heavy atom. The summed E-state index contributed by atoms with van der Waals surface area (Å²) in [5.41, 5.74) is 0. The van der Waals surface area contributed by atoms with Gasteiger partial charge in [0.05, 0.1) is 0 Å². The van der Waals surface area contributed by atoms with Crippen LogP contribution < -0.4 is 0 Å². The molecule has 1 aliphatic heterocycles. The van der Waals surface area contributed by atoms with Crippen molar-refractivity contribution in [1.29, 1.82) is 0 Å². The van der Waals surface area contributed by atoms with Crippen molar-refractivity contribution in [1.82, 2.24) is 0 Å². The molecular weight excluding hydrogens is 351 g/mol. The molecule has 0 aromatic rings. The number of ether oxygens (including phenoxy) is 1. The third-order valence-corrected chi connectivity index (χ3v) is 19.9. The number of hydrogen-bond acceptors (Lipinski definition) is 1. The van der Waals surface area contributed by atoms with E-state index >= 15 is 0 Å².